The molecule has 1 saturated heterocycles. The van der Waals surface area contributed by atoms with Gasteiger partial charge in [-0.2, -0.15) is 0 Å². The molecule has 1 heterocycles. The lowest BCUT2D eigenvalue weighted by molar-refractivity contribution is 0.279. The van der Waals surface area contributed by atoms with Crippen molar-refractivity contribution in [3.05, 3.63) is 23.8 Å². The van der Waals surface area contributed by atoms with Crippen molar-refractivity contribution in [1.82, 2.24) is 0 Å². The number of aliphatic hydroxyl groups is 1. The van der Waals surface area contributed by atoms with E-state index in [2.05, 4.69) is 4.90 Å². The average Bonchev–Trinajstić information content (AvgIpc) is 2.92. The maximum atomic E-state index is 9.02. The third kappa shape index (κ3) is 3.04. The molecule has 1 atom stereocenters. The Kier molecular flexibility index (Phi) is 4.84. The number of benzene rings is 1. The summed E-state index contributed by atoms with van der Waals surface area (Å²) in [5.74, 6) is 0.855. The highest BCUT2D eigenvalue weighted by Crippen LogP contribution is 2.33. The van der Waals surface area contributed by atoms with Crippen LogP contribution in [0.3, 0.4) is 0 Å². The maximum Gasteiger partial charge on any atom is 0.124 e. The van der Waals surface area contributed by atoms with E-state index >= 15 is 0 Å². The van der Waals surface area contributed by atoms with E-state index in [1.165, 1.54) is 0 Å². The van der Waals surface area contributed by atoms with Crippen molar-refractivity contribution < 1.29 is 9.84 Å². The SMILES string of the molecule is COc1ccc(C(=N)N)c(N2CCCC2CCCO)c1. The highest BCUT2D eigenvalue weighted by atomic mass is 16.5. The molecule has 1 aliphatic heterocycles. The van der Waals surface area contributed by atoms with Gasteiger partial charge in [0.05, 0.1) is 12.8 Å². The number of hydrogen-bond donors (Lipinski definition) is 3. The van der Waals surface area contributed by atoms with Gasteiger partial charge in [0.1, 0.15) is 11.6 Å². The number of rotatable bonds is 6. The van der Waals surface area contributed by atoms with Crippen LogP contribution in [0.1, 0.15) is 31.2 Å². The van der Waals surface area contributed by atoms with Gasteiger partial charge in [-0.05, 0) is 37.8 Å². The summed E-state index contributed by atoms with van der Waals surface area (Å²) in [5, 5.41) is 16.8. The van der Waals surface area contributed by atoms with Crippen LogP contribution < -0.4 is 15.4 Å². The molecule has 110 valence electrons. The van der Waals surface area contributed by atoms with E-state index < -0.39 is 0 Å². The number of anilines is 1. The topological polar surface area (TPSA) is 82.6 Å². The second kappa shape index (κ2) is 6.61. The molecule has 0 radical (unpaired) electrons. The molecule has 0 aromatic heterocycles. The Hall–Kier alpha value is -1.75. The van der Waals surface area contributed by atoms with E-state index in [0.29, 0.717) is 6.04 Å². The fraction of sp³-hybridized carbons (Fsp3) is 0.533. The van der Waals surface area contributed by atoms with Gasteiger partial charge >= 0.3 is 0 Å². The van der Waals surface area contributed by atoms with E-state index in [1.54, 1.807) is 7.11 Å². The molecule has 0 bridgehead atoms. The van der Waals surface area contributed by atoms with Gasteiger partial charge < -0.3 is 20.5 Å². The number of nitrogen functional groups attached to an aromatic ring is 1. The molecule has 1 unspecified atom stereocenters. The van der Waals surface area contributed by atoms with Crippen LogP contribution in [0.15, 0.2) is 18.2 Å². The number of nitrogens with zero attached hydrogens (tertiary/aromatic N) is 1. The first-order valence-electron chi connectivity index (χ1n) is 7.07. The summed E-state index contributed by atoms with van der Waals surface area (Å²) < 4.78 is 5.29. The van der Waals surface area contributed by atoms with Crippen molar-refractivity contribution in [1.29, 1.82) is 5.41 Å². The van der Waals surface area contributed by atoms with Crippen molar-refractivity contribution in [2.24, 2.45) is 5.73 Å². The summed E-state index contributed by atoms with van der Waals surface area (Å²) in [7, 11) is 1.64. The van der Waals surface area contributed by atoms with Crippen LogP contribution in [0, 0.1) is 5.41 Å². The van der Waals surface area contributed by atoms with Crippen molar-refractivity contribution >= 4 is 11.5 Å². The highest BCUT2D eigenvalue weighted by molar-refractivity contribution is 6.00. The smallest absolute Gasteiger partial charge is 0.124 e. The lowest BCUT2D eigenvalue weighted by Crippen LogP contribution is -2.31. The Labute approximate surface area is 119 Å². The molecule has 0 amide bonds. The quantitative estimate of drug-likeness (QED) is 0.546. The van der Waals surface area contributed by atoms with Crippen molar-refractivity contribution in [2.45, 2.75) is 31.7 Å². The van der Waals surface area contributed by atoms with Crippen LogP contribution in [0.2, 0.25) is 0 Å². The van der Waals surface area contributed by atoms with Crippen LogP contribution >= 0.6 is 0 Å². The van der Waals surface area contributed by atoms with Gasteiger partial charge in [-0.15, -0.1) is 0 Å². The summed E-state index contributed by atoms with van der Waals surface area (Å²) >= 11 is 0. The highest BCUT2D eigenvalue weighted by Gasteiger charge is 2.26. The molecule has 5 nitrogen and oxygen atoms in total. The van der Waals surface area contributed by atoms with Crippen LogP contribution in [-0.2, 0) is 0 Å². The summed E-state index contributed by atoms with van der Waals surface area (Å²) in [6, 6.07) is 6.04. The first kappa shape index (κ1) is 14.7. The molecular formula is C15H23N3O2. The largest absolute Gasteiger partial charge is 0.497 e. The van der Waals surface area contributed by atoms with Gasteiger partial charge in [-0.3, -0.25) is 5.41 Å². The molecule has 1 fully saturated rings. The number of methoxy groups -OCH3 is 1. The van der Waals surface area contributed by atoms with E-state index in [-0.39, 0.29) is 12.4 Å². The fourth-order valence-electron chi connectivity index (χ4n) is 2.88. The van der Waals surface area contributed by atoms with E-state index in [9.17, 15) is 0 Å². The third-order valence-corrected chi connectivity index (χ3v) is 3.88. The summed E-state index contributed by atoms with van der Waals surface area (Å²) in [4.78, 5) is 2.30. The number of amidine groups is 1. The Morgan fingerprint density at radius 3 is 3.00 bits per heavy atom. The Balaban J connectivity index is 2.31. The lowest BCUT2D eigenvalue weighted by Gasteiger charge is -2.29. The number of nitrogens with two attached hydrogens (primary N) is 1. The van der Waals surface area contributed by atoms with Gasteiger partial charge in [-0.25, -0.2) is 0 Å². The molecule has 2 rings (SSSR count). The van der Waals surface area contributed by atoms with Gasteiger partial charge in [0.25, 0.3) is 0 Å². The van der Waals surface area contributed by atoms with Crippen LogP contribution in [0.5, 0.6) is 5.75 Å². The standard InChI is InChI=1S/C15H23N3O2/c1-20-12-6-7-13(15(16)17)14(10-12)18-8-2-4-11(18)5-3-9-19/h6-7,10-11,19H,2-5,8-9H2,1H3,(H3,16,17). The zero-order chi connectivity index (χ0) is 14.5. The van der Waals surface area contributed by atoms with E-state index in [0.717, 1.165) is 49.2 Å². The molecule has 1 aromatic rings. The van der Waals surface area contributed by atoms with Gasteiger partial charge in [0, 0.05) is 30.8 Å². The van der Waals surface area contributed by atoms with Crippen molar-refractivity contribution in [3.8, 4) is 5.75 Å². The van der Waals surface area contributed by atoms with Gasteiger partial charge in [0.15, 0.2) is 0 Å². The Morgan fingerprint density at radius 2 is 2.35 bits per heavy atom. The molecule has 4 N–H and O–H groups in total. The van der Waals surface area contributed by atoms with E-state index in [4.69, 9.17) is 21.0 Å². The molecule has 0 saturated carbocycles. The summed E-state index contributed by atoms with van der Waals surface area (Å²) in [6.07, 6.45) is 4.02. The molecule has 0 spiro atoms. The van der Waals surface area contributed by atoms with Gasteiger partial charge in [-0.1, -0.05) is 0 Å². The minimum atomic E-state index is 0.0791. The minimum absolute atomic E-state index is 0.0791. The normalized spacial score (nSPS) is 18.3. The van der Waals surface area contributed by atoms with Crippen LogP contribution in [0.4, 0.5) is 5.69 Å². The fourth-order valence-corrected chi connectivity index (χ4v) is 2.88. The average molecular weight is 277 g/mol. The van der Waals surface area contributed by atoms with Crippen molar-refractivity contribution in [2.75, 3.05) is 25.2 Å². The van der Waals surface area contributed by atoms with Gasteiger partial charge in [0.2, 0.25) is 0 Å². The number of ether oxygens (including phenoxy) is 1. The predicted molar refractivity (Wildman–Crippen MR) is 80.7 cm³/mol. The number of nitrogens with one attached hydrogen (secondary N) is 1. The third-order valence-electron chi connectivity index (χ3n) is 3.88. The monoisotopic (exact) mass is 277 g/mol. The Bertz CT molecular complexity index is 476. The predicted octanol–water partition coefficient (Wildman–Crippen LogP) is 1.72. The molecule has 20 heavy (non-hydrogen) atoms. The first-order valence-corrected chi connectivity index (χ1v) is 7.07. The molecule has 1 aliphatic rings. The molecular weight excluding hydrogens is 254 g/mol. The van der Waals surface area contributed by atoms with E-state index in [1.807, 2.05) is 18.2 Å². The zero-order valence-corrected chi connectivity index (χ0v) is 11.9. The second-order valence-corrected chi connectivity index (χ2v) is 5.15. The molecule has 1 aromatic carbocycles. The maximum absolute atomic E-state index is 9.02. The number of hydrogen-bond acceptors (Lipinski definition) is 4. The molecule has 5 heteroatoms. The number of aliphatic hydroxyl groups excluding tert-OH is 1. The Morgan fingerprint density at radius 1 is 1.55 bits per heavy atom. The zero-order valence-electron chi connectivity index (χ0n) is 11.9. The molecule has 0 aliphatic carbocycles. The van der Waals surface area contributed by atoms with Crippen molar-refractivity contribution in [3.63, 3.8) is 0 Å². The second-order valence-electron chi connectivity index (χ2n) is 5.15. The lowest BCUT2D eigenvalue weighted by atomic mass is 10.1. The first-order chi connectivity index (χ1) is 9.67. The summed E-state index contributed by atoms with van der Waals surface area (Å²) in [5.41, 5.74) is 7.42. The summed E-state index contributed by atoms with van der Waals surface area (Å²) in [6.45, 7) is 1.19. The minimum Gasteiger partial charge on any atom is -0.497 e. The van der Waals surface area contributed by atoms with Crippen LogP contribution in [-0.4, -0.2) is 37.2 Å². The van der Waals surface area contributed by atoms with Crippen LogP contribution in [0.25, 0.3) is 0 Å².